The number of hydrogen-bond acceptors (Lipinski definition) is 4. The minimum atomic E-state index is -0.568. The first-order chi connectivity index (χ1) is 15.1. The lowest BCUT2D eigenvalue weighted by molar-refractivity contribution is 0.0465. The van der Waals surface area contributed by atoms with Gasteiger partial charge in [-0.05, 0) is 47.0 Å². The molecule has 0 unspecified atom stereocenters. The van der Waals surface area contributed by atoms with Crippen LogP contribution in [0.5, 0.6) is 0 Å². The Balaban J connectivity index is 1.42. The van der Waals surface area contributed by atoms with Gasteiger partial charge in [0.2, 0.25) is 0 Å². The normalized spacial score (nSPS) is 11.6. The molecule has 0 aliphatic carbocycles. The van der Waals surface area contributed by atoms with E-state index in [1.807, 2.05) is 67.6 Å². The fourth-order valence-electron chi connectivity index (χ4n) is 3.30. The number of nitrogens with one attached hydrogen (secondary N) is 1. The van der Waals surface area contributed by atoms with E-state index in [1.165, 1.54) is 6.07 Å². The van der Waals surface area contributed by atoms with Gasteiger partial charge in [-0.3, -0.25) is 4.79 Å². The number of carbonyl (C=O) groups excluding carboxylic acids is 2. The van der Waals surface area contributed by atoms with Crippen LogP contribution in [-0.4, -0.2) is 16.9 Å². The summed E-state index contributed by atoms with van der Waals surface area (Å²) in [5.41, 5.74) is 2.14. The minimum Gasteiger partial charge on any atom is -0.456 e. The molecule has 4 rings (SSSR count). The highest BCUT2D eigenvalue weighted by Crippen LogP contribution is 2.20. The number of rotatable bonds is 6. The smallest absolute Gasteiger partial charge is 0.357 e. The first-order valence-corrected chi connectivity index (χ1v) is 10.1. The molecule has 1 atom stereocenters. The maximum atomic E-state index is 12.7. The van der Waals surface area contributed by atoms with Gasteiger partial charge in [-0.1, -0.05) is 72.8 Å². The van der Waals surface area contributed by atoms with Crippen molar-refractivity contribution in [2.45, 2.75) is 19.6 Å². The minimum absolute atomic E-state index is 0.0990. The van der Waals surface area contributed by atoms with Crippen LogP contribution in [-0.2, 0) is 11.3 Å². The molecule has 0 aliphatic heterocycles. The van der Waals surface area contributed by atoms with E-state index in [4.69, 9.17) is 4.74 Å². The topological polar surface area (TPSA) is 68.3 Å². The van der Waals surface area contributed by atoms with E-state index in [0.29, 0.717) is 0 Å². The number of carbonyl (C=O) groups is 2. The molecule has 154 valence electrons. The van der Waals surface area contributed by atoms with E-state index in [1.54, 1.807) is 12.1 Å². The Kier molecular flexibility index (Phi) is 6.03. The van der Waals surface area contributed by atoms with Gasteiger partial charge in [0, 0.05) is 0 Å². The lowest BCUT2D eigenvalue weighted by Gasteiger charge is -2.15. The van der Waals surface area contributed by atoms with Crippen molar-refractivity contribution in [1.82, 2.24) is 10.3 Å². The molecule has 0 saturated heterocycles. The van der Waals surface area contributed by atoms with Gasteiger partial charge >= 0.3 is 5.97 Å². The van der Waals surface area contributed by atoms with Crippen LogP contribution >= 0.6 is 0 Å². The molecule has 0 bridgehead atoms. The predicted octanol–water partition coefficient (Wildman–Crippen LogP) is 5.08. The van der Waals surface area contributed by atoms with Crippen molar-refractivity contribution in [3.05, 3.63) is 114 Å². The van der Waals surface area contributed by atoms with Crippen molar-refractivity contribution in [2.75, 3.05) is 0 Å². The van der Waals surface area contributed by atoms with Gasteiger partial charge in [0.1, 0.15) is 18.0 Å². The SMILES string of the molecule is C[C@@H](NC(=O)c1cccc(C(=O)OCc2ccccc2)n1)c1ccc2ccccc2c1. The van der Waals surface area contributed by atoms with Crippen LogP contribution in [0.25, 0.3) is 10.8 Å². The summed E-state index contributed by atoms with van der Waals surface area (Å²) in [6.07, 6.45) is 0. The molecular weight excluding hydrogens is 388 g/mol. The summed E-state index contributed by atoms with van der Waals surface area (Å²) in [4.78, 5) is 29.3. The zero-order valence-electron chi connectivity index (χ0n) is 17.1. The van der Waals surface area contributed by atoms with Crippen molar-refractivity contribution in [3.63, 3.8) is 0 Å². The second-order valence-electron chi connectivity index (χ2n) is 7.27. The van der Waals surface area contributed by atoms with Crippen LogP contribution in [0, 0.1) is 0 Å². The summed E-state index contributed by atoms with van der Waals surface area (Å²) in [5, 5.41) is 5.21. The fraction of sp³-hybridized carbons (Fsp3) is 0.115. The lowest BCUT2D eigenvalue weighted by atomic mass is 10.0. The third-order valence-electron chi connectivity index (χ3n) is 5.02. The van der Waals surface area contributed by atoms with Gasteiger partial charge in [0.15, 0.2) is 0 Å². The number of aromatic nitrogens is 1. The van der Waals surface area contributed by atoms with Crippen LogP contribution < -0.4 is 5.32 Å². The molecule has 1 heterocycles. The Morgan fingerprint density at radius 2 is 1.55 bits per heavy atom. The number of hydrogen-bond donors (Lipinski definition) is 1. The number of benzene rings is 3. The molecule has 5 nitrogen and oxygen atoms in total. The maximum absolute atomic E-state index is 12.7. The van der Waals surface area contributed by atoms with Crippen LogP contribution in [0.2, 0.25) is 0 Å². The van der Waals surface area contributed by atoms with Crippen LogP contribution in [0.15, 0.2) is 91.0 Å². The molecule has 0 radical (unpaired) electrons. The average Bonchev–Trinajstić information content (AvgIpc) is 2.83. The molecule has 5 heteroatoms. The van der Waals surface area contributed by atoms with Crippen LogP contribution in [0.4, 0.5) is 0 Å². The quantitative estimate of drug-likeness (QED) is 0.450. The molecule has 0 fully saturated rings. The first-order valence-electron chi connectivity index (χ1n) is 10.1. The highest BCUT2D eigenvalue weighted by Gasteiger charge is 2.16. The molecule has 31 heavy (non-hydrogen) atoms. The Morgan fingerprint density at radius 1 is 0.839 bits per heavy atom. The van der Waals surface area contributed by atoms with Crippen LogP contribution in [0.3, 0.4) is 0 Å². The summed E-state index contributed by atoms with van der Waals surface area (Å²) in [6, 6.07) is 28.1. The molecule has 4 aromatic rings. The van der Waals surface area contributed by atoms with Crippen molar-refractivity contribution < 1.29 is 14.3 Å². The molecule has 1 amide bonds. The Hall–Kier alpha value is -3.99. The second kappa shape index (κ2) is 9.22. The Bertz CT molecular complexity index is 1220. The summed E-state index contributed by atoms with van der Waals surface area (Å²) in [7, 11) is 0. The molecule has 0 spiro atoms. The van der Waals surface area contributed by atoms with Gasteiger partial charge < -0.3 is 10.1 Å². The highest BCUT2D eigenvalue weighted by atomic mass is 16.5. The Morgan fingerprint density at radius 3 is 2.35 bits per heavy atom. The third kappa shape index (κ3) is 4.95. The van der Waals surface area contributed by atoms with E-state index in [9.17, 15) is 9.59 Å². The van der Waals surface area contributed by atoms with Crippen molar-refractivity contribution in [3.8, 4) is 0 Å². The van der Waals surface area contributed by atoms with Crippen molar-refractivity contribution >= 4 is 22.6 Å². The van der Waals surface area contributed by atoms with Crippen LogP contribution in [0.1, 0.15) is 45.1 Å². The molecule has 1 aromatic heterocycles. The number of amides is 1. The number of nitrogens with zero attached hydrogens (tertiary/aromatic N) is 1. The molecule has 0 aliphatic rings. The van der Waals surface area contributed by atoms with E-state index in [2.05, 4.69) is 22.4 Å². The lowest BCUT2D eigenvalue weighted by Crippen LogP contribution is -2.28. The summed E-state index contributed by atoms with van der Waals surface area (Å²) >= 11 is 0. The summed E-state index contributed by atoms with van der Waals surface area (Å²) in [6.45, 7) is 2.07. The summed E-state index contributed by atoms with van der Waals surface area (Å²) in [5.74, 6) is -0.917. The third-order valence-corrected chi connectivity index (χ3v) is 5.02. The Labute approximate surface area is 180 Å². The highest BCUT2D eigenvalue weighted by molar-refractivity contribution is 5.95. The standard InChI is InChI=1S/C26H22N2O3/c1-18(21-15-14-20-10-5-6-11-22(20)16-21)27-25(29)23-12-7-13-24(28-23)26(30)31-17-19-8-3-2-4-9-19/h2-16,18H,17H2,1H3,(H,27,29)/t18-/m1/s1. The number of ether oxygens (including phenoxy) is 1. The van der Waals surface area contributed by atoms with E-state index < -0.39 is 5.97 Å². The van der Waals surface area contributed by atoms with Gasteiger partial charge in [-0.15, -0.1) is 0 Å². The maximum Gasteiger partial charge on any atom is 0.357 e. The van der Waals surface area contributed by atoms with Gasteiger partial charge in [-0.2, -0.15) is 0 Å². The summed E-state index contributed by atoms with van der Waals surface area (Å²) < 4.78 is 5.31. The average molecular weight is 410 g/mol. The molecular formula is C26H22N2O3. The van der Waals surface area contributed by atoms with Crippen molar-refractivity contribution in [1.29, 1.82) is 0 Å². The van der Waals surface area contributed by atoms with Gasteiger partial charge in [0.05, 0.1) is 6.04 Å². The number of fused-ring (bicyclic) bond motifs is 1. The van der Waals surface area contributed by atoms with E-state index in [0.717, 1.165) is 21.9 Å². The zero-order valence-corrected chi connectivity index (χ0v) is 17.1. The van der Waals surface area contributed by atoms with Gasteiger partial charge in [-0.25, -0.2) is 9.78 Å². The number of esters is 1. The van der Waals surface area contributed by atoms with Crippen molar-refractivity contribution in [2.24, 2.45) is 0 Å². The second-order valence-corrected chi connectivity index (χ2v) is 7.27. The number of pyridine rings is 1. The van der Waals surface area contributed by atoms with E-state index in [-0.39, 0.29) is 29.9 Å². The largest absolute Gasteiger partial charge is 0.456 e. The fourth-order valence-corrected chi connectivity index (χ4v) is 3.30. The molecule has 1 N–H and O–H groups in total. The monoisotopic (exact) mass is 410 g/mol. The predicted molar refractivity (Wildman–Crippen MR) is 120 cm³/mol. The zero-order chi connectivity index (χ0) is 21.6. The molecule has 3 aromatic carbocycles. The van der Waals surface area contributed by atoms with Gasteiger partial charge in [0.25, 0.3) is 5.91 Å². The van der Waals surface area contributed by atoms with E-state index >= 15 is 0 Å². The first kappa shape index (κ1) is 20.3. The molecule has 0 saturated carbocycles.